The summed E-state index contributed by atoms with van der Waals surface area (Å²) in [7, 11) is 0. The summed E-state index contributed by atoms with van der Waals surface area (Å²) in [4.78, 5) is 11.2. The van der Waals surface area contributed by atoms with Gasteiger partial charge in [0.1, 0.15) is 0 Å². The molecule has 12 heavy (non-hydrogen) atoms. The van der Waals surface area contributed by atoms with Gasteiger partial charge in [-0.2, -0.15) is 0 Å². The molecule has 3 nitrogen and oxygen atoms in total. The standard InChI is InChI=1S/C9H18O3/c1-4-6-8(7(3)10)9(11)12-5-2/h7-8,10H,4-6H2,1-3H3/t7-,8+/m1/s1. The van der Waals surface area contributed by atoms with E-state index in [-0.39, 0.29) is 11.9 Å². The van der Waals surface area contributed by atoms with Crippen molar-refractivity contribution in [3.05, 3.63) is 0 Å². The summed E-state index contributed by atoms with van der Waals surface area (Å²) in [5, 5.41) is 9.24. The summed E-state index contributed by atoms with van der Waals surface area (Å²) < 4.78 is 4.82. The second-order valence-corrected chi connectivity index (χ2v) is 2.89. The van der Waals surface area contributed by atoms with Crippen molar-refractivity contribution in [3.63, 3.8) is 0 Å². The van der Waals surface area contributed by atoms with Gasteiger partial charge in [0.25, 0.3) is 0 Å². The minimum atomic E-state index is -0.607. The first-order valence-corrected chi connectivity index (χ1v) is 4.48. The topological polar surface area (TPSA) is 46.5 Å². The fourth-order valence-electron chi connectivity index (χ4n) is 1.12. The number of hydrogen-bond acceptors (Lipinski definition) is 3. The van der Waals surface area contributed by atoms with Gasteiger partial charge in [-0.05, 0) is 20.3 Å². The number of carbonyl (C=O) groups excluding carboxylic acids is 1. The predicted octanol–water partition coefficient (Wildman–Crippen LogP) is 1.35. The van der Waals surface area contributed by atoms with Crippen molar-refractivity contribution < 1.29 is 14.6 Å². The number of ether oxygens (including phenoxy) is 1. The Morgan fingerprint density at radius 2 is 2.08 bits per heavy atom. The number of aliphatic hydroxyl groups excluding tert-OH is 1. The summed E-state index contributed by atoms with van der Waals surface area (Å²) in [5.41, 5.74) is 0. The van der Waals surface area contributed by atoms with Crippen molar-refractivity contribution >= 4 is 5.97 Å². The predicted molar refractivity (Wildman–Crippen MR) is 46.7 cm³/mol. The van der Waals surface area contributed by atoms with Crippen LogP contribution in [-0.2, 0) is 9.53 Å². The van der Waals surface area contributed by atoms with Gasteiger partial charge in [0.05, 0.1) is 18.6 Å². The highest BCUT2D eigenvalue weighted by Crippen LogP contribution is 2.13. The van der Waals surface area contributed by atoms with Crippen LogP contribution < -0.4 is 0 Å². The summed E-state index contributed by atoms with van der Waals surface area (Å²) in [6.45, 7) is 5.75. The van der Waals surface area contributed by atoms with Crippen molar-refractivity contribution in [2.75, 3.05) is 6.61 Å². The van der Waals surface area contributed by atoms with Gasteiger partial charge in [-0.15, -0.1) is 0 Å². The van der Waals surface area contributed by atoms with Crippen molar-refractivity contribution in [2.45, 2.75) is 39.7 Å². The molecule has 0 fully saturated rings. The van der Waals surface area contributed by atoms with Crippen LogP contribution >= 0.6 is 0 Å². The summed E-state index contributed by atoms with van der Waals surface area (Å²) in [6, 6.07) is 0. The van der Waals surface area contributed by atoms with E-state index < -0.39 is 6.10 Å². The van der Waals surface area contributed by atoms with Gasteiger partial charge >= 0.3 is 5.97 Å². The van der Waals surface area contributed by atoms with Crippen LogP contribution in [0.2, 0.25) is 0 Å². The van der Waals surface area contributed by atoms with Crippen LogP contribution in [0.3, 0.4) is 0 Å². The molecule has 0 unspecified atom stereocenters. The molecule has 0 heterocycles. The molecule has 0 rings (SSSR count). The molecule has 72 valence electrons. The maximum absolute atomic E-state index is 11.2. The van der Waals surface area contributed by atoms with Crippen LogP contribution in [0.4, 0.5) is 0 Å². The number of aliphatic hydroxyl groups is 1. The van der Waals surface area contributed by atoms with Gasteiger partial charge in [0.2, 0.25) is 0 Å². The molecule has 0 bridgehead atoms. The first-order chi connectivity index (χ1) is 5.63. The van der Waals surface area contributed by atoms with Crippen molar-refractivity contribution in [3.8, 4) is 0 Å². The highest BCUT2D eigenvalue weighted by atomic mass is 16.5. The Balaban J connectivity index is 4.00. The average Bonchev–Trinajstić information content (AvgIpc) is 1.99. The maximum Gasteiger partial charge on any atom is 0.311 e. The zero-order valence-electron chi connectivity index (χ0n) is 8.04. The lowest BCUT2D eigenvalue weighted by Gasteiger charge is -2.16. The van der Waals surface area contributed by atoms with E-state index >= 15 is 0 Å². The Morgan fingerprint density at radius 1 is 1.50 bits per heavy atom. The lowest BCUT2D eigenvalue weighted by Crippen LogP contribution is -2.27. The van der Waals surface area contributed by atoms with E-state index in [1.165, 1.54) is 0 Å². The van der Waals surface area contributed by atoms with Crippen molar-refractivity contribution in [1.29, 1.82) is 0 Å². The molecule has 0 aliphatic rings. The van der Waals surface area contributed by atoms with E-state index in [9.17, 15) is 9.90 Å². The smallest absolute Gasteiger partial charge is 0.311 e. The molecule has 0 aromatic rings. The molecule has 0 radical (unpaired) electrons. The van der Waals surface area contributed by atoms with E-state index in [2.05, 4.69) is 0 Å². The Labute approximate surface area is 73.7 Å². The Bertz CT molecular complexity index is 132. The molecule has 0 saturated heterocycles. The second-order valence-electron chi connectivity index (χ2n) is 2.89. The third kappa shape index (κ3) is 3.72. The van der Waals surface area contributed by atoms with Gasteiger partial charge < -0.3 is 9.84 Å². The molecule has 0 aliphatic carbocycles. The second kappa shape index (κ2) is 6.00. The van der Waals surface area contributed by atoms with Gasteiger partial charge in [-0.25, -0.2) is 0 Å². The molecule has 0 amide bonds. The molecule has 2 atom stereocenters. The summed E-state index contributed by atoms with van der Waals surface area (Å²) in [5.74, 6) is -0.635. The lowest BCUT2D eigenvalue weighted by atomic mass is 9.98. The summed E-state index contributed by atoms with van der Waals surface area (Å²) in [6.07, 6.45) is 0.967. The molecule has 0 saturated carbocycles. The van der Waals surface area contributed by atoms with Gasteiger partial charge in [-0.3, -0.25) is 4.79 Å². The van der Waals surface area contributed by atoms with Gasteiger partial charge in [0.15, 0.2) is 0 Å². The monoisotopic (exact) mass is 174 g/mol. The Morgan fingerprint density at radius 3 is 2.42 bits per heavy atom. The fourth-order valence-corrected chi connectivity index (χ4v) is 1.12. The average molecular weight is 174 g/mol. The normalized spacial score (nSPS) is 15.3. The first kappa shape index (κ1) is 11.4. The molecule has 0 aromatic heterocycles. The largest absolute Gasteiger partial charge is 0.466 e. The van der Waals surface area contributed by atoms with Crippen LogP contribution in [0.5, 0.6) is 0 Å². The molecule has 3 heteroatoms. The Kier molecular flexibility index (Phi) is 5.72. The van der Waals surface area contributed by atoms with Crippen LogP contribution in [0, 0.1) is 5.92 Å². The van der Waals surface area contributed by atoms with Crippen molar-refractivity contribution in [1.82, 2.24) is 0 Å². The van der Waals surface area contributed by atoms with Crippen LogP contribution in [0.1, 0.15) is 33.6 Å². The van der Waals surface area contributed by atoms with E-state index in [0.717, 1.165) is 6.42 Å². The van der Waals surface area contributed by atoms with E-state index in [1.807, 2.05) is 6.92 Å². The SMILES string of the molecule is CCC[C@H](C(=O)OCC)[C@@H](C)O. The number of esters is 1. The summed E-state index contributed by atoms with van der Waals surface area (Å²) >= 11 is 0. The highest BCUT2D eigenvalue weighted by molar-refractivity contribution is 5.72. The van der Waals surface area contributed by atoms with Crippen LogP contribution in [0.25, 0.3) is 0 Å². The van der Waals surface area contributed by atoms with Gasteiger partial charge in [0, 0.05) is 0 Å². The molecule has 0 aliphatic heterocycles. The number of hydrogen-bond donors (Lipinski definition) is 1. The molecule has 0 spiro atoms. The number of rotatable bonds is 5. The minimum absolute atomic E-state index is 0.283. The number of carbonyl (C=O) groups is 1. The first-order valence-electron chi connectivity index (χ1n) is 4.48. The molecular weight excluding hydrogens is 156 g/mol. The third-order valence-electron chi connectivity index (χ3n) is 1.77. The Hall–Kier alpha value is -0.570. The zero-order chi connectivity index (χ0) is 9.56. The van der Waals surface area contributed by atoms with Gasteiger partial charge in [-0.1, -0.05) is 13.3 Å². The highest BCUT2D eigenvalue weighted by Gasteiger charge is 2.23. The molecule has 1 N–H and O–H groups in total. The van der Waals surface area contributed by atoms with E-state index in [4.69, 9.17) is 4.74 Å². The lowest BCUT2D eigenvalue weighted by molar-refractivity contribution is -0.151. The van der Waals surface area contributed by atoms with Crippen LogP contribution in [0.15, 0.2) is 0 Å². The molecular formula is C9H18O3. The third-order valence-corrected chi connectivity index (χ3v) is 1.77. The van der Waals surface area contributed by atoms with Crippen molar-refractivity contribution in [2.24, 2.45) is 5.92 Å². The maximum atomic E-state index is 11.2. The zero-order valence-corrected chi connectivity index (χ0v) is 8.04. The quantitative estimate of drug-likeness (QED) is 0.640. The van der Waals surface area contributed by atoms with E-state index in [0.29, 0.717) is 13.0 Å². The van der Waals surface area contributed by atoms with Crippen LogP contribution in [-0.4, -0.2) is 23.8 Å². The molecule has 0 aromatic carbocycles. The van der Waals surface area contributed by atoms with E-state index in [1.54, 1.807) is 13.8 Å². The minimum Gasteiger partial charge on any atom is -0.466 e. The fraction of sp³-hybridized carbons (Fsp3) is 0.889.